The summed E-state index contributed by atoms with van der Waals surface area (Å²) in [6.45, 7) is 3.97. The Hall–Kier alpha value is -1.32. The molecule has 0 rings (SSSR count). The predicted octanol–water partition coefficient (Wildman–Crippen LogP) is 13.3. The lowest BCUT2D eigenvalue weighted by Gasteiger charge is -2.24. The lowest BCUT2D eigenvalue weighted by molar-refractivity contribution is -0.124. The van der Waals surface area contributed by atoms with Crippen LogP contribution in [0.5, 0.6) is 0 Å². The zero-order chi connectivity index (χ0) is 43.3. The van der Waals surface area contributed by atoms with Gasteiger partial charge in [0.05, 0.1) is 37.9 Å². The first-order valence-corrected chi connectivity index (χ1v) is 26.2. The average Bonchev–Trinajstić information content (AvgIpc) is 3.21. The average molecular weight is 855 g/mol. The second kappa shape index (κ2) is 44.7. The van der Waals surface area contributed by atoms with E-state index in [1.165, 1.54) is 154 Å². The first-order valence-electron chi connectivity index (χ1n) is 24.7. The maximum atomic E-state index is 12.9. The van der Waals surface area contributed by atoms with Gasteiger partial charge in [0, 0.05) is 6.54 Å². The van der Waals surface area contributed by atoms with Gasteiger partial charge in [-0.1, -0.05) is 217 Å². The molecular weight excluding hydrogens is 760 g/mol. The third kappa shape index (κ3) is 43.1. The summed E-state index contributed by atoms with van der Waals surface area (Å²) in [6.07, 6.45) is 50.9. The van der Waals surface area contributed by atoms with E-state index in [0.29, 0.717) is 12.8 Å². The Morgan fingerprint density at radius 3 is 1.41 bits per heavy atom. The number of rotatable bonds is 46. The van der Waals surface area contributed by atoms with E-state index in [-0.39, 0.29) is 19.6 Å². The molecule has 0 fully saturated rings. The molecule has 4 atom stereocenters. The van der Waals surface area contributed by atoms with Crippen LogP contribution < -0.4 is 11.1 Å². The first kappa shape index (κ1) is 57.7. The van der Waals surface area contributed by atoms with Gasteiger partial charge in [-0.25, -0.2) is 4.57 Å². The summed E-state index contributed by atoms with van der Waals surface area (Å²) < 4.78 is 22.1. The largest absolute Gasteiger partial charge is 0.472 e. The van der Waals surface area contributed by atoms with Gasteiger partial charge in [0.25, 0.3) is 0 Å². The van der Waals surface area contributed by atoms with Crippen LogP contribution in [0, 0.1) is 0 Å². The number of phosphoric acid groups is 1. The zero-order valence-electron chi connectivity index (χ0n) is 38.4. The second-order valence-electron chi connectivity index (χ2n) is 16.9. The fourth-order valence-electron chi connectivity index (χ4n) is 7.27. The summed E-state index contributed by atoms with van der Waals surface area (Å²) >= 11 is 0. The van der Waals surface area contributed by atoms with Gasteiger partial charge in [-0.15, -0.1) is 0 Å². The number of unbranched alkanes of at least 4 members (excludes halogenated alkanes) is 28. The highest BCUT2D eigenvalue weighted by atomic mass is 31.2. The van der Waals surface area contributed by atoms with E-state index in [9.17, 15) is 24.5 Å². The van der Waals surface area contributed by atoms with Gasteiger partial charge in [-0.3, -0.25) is 13.8 Å². The number of carbonyl (C=O) groups excluding carboxylic acids is 1. The Morgan fingerprint density at radius 2 is 0.966 bits per heavy atom. The van der Waals surface area contributed by atoms with Crippen LogP contribution in [0.25, 0.3) is 0 Å². The summed E-state index contributed by atoms with van der Waals surface area (Å²) in [5.41, 5.74) is 5.37. The van der Waals surface area contributed by atoms with E-state index >= 15 is 0 Å². The van der Waals surface area contributed by atoms with Crippen molar-refractivity contribution in [2.75, 3.05) is 19.8 Å². The van der Waals surface area contributed by atoms with E-state index in [0.717, 1.165) is 44.9 Å². The van der Waals surface area contributed by atoms with Crippen LogP contribution in [-0.4, -0.2) is 59.0 Å². The fourth-order valence-corrected chi connectivity index (χ4v) is 8.03. The third-order valence-corrected chi connectivity index (χ3v) is 12.0. The van der Waals surface area contributed by atoms with Gasteiger partial charge in [-0.2, -0.15) is 0 Å². The molecule has 59 heavy (non-hydrogen) atoms. The van der Waals surface area contributed by atoms with E-state index in [4.69, 9.17) is 14.8 Å². The molecule has 0 aromatic rings. The number of allylic oxidation sites excluding steroid dienone is 5. The number of carbonyl (C=O) groups is 1. The van der Waals surface area contributed by atoms with Gasteiger partial charge < -0.3 is 26.2 Å². The highest BCUT2D eigenvalue weighted by molar-refractivity contribution is 7.47. The van der Waals surface area contributed by atoms with Crippen molar-refractivity contribution in [2.24, 2.45) is 5.73 Å². The maximum Gasteiger partial charge on any atom is 0.472 e. The molecule has 1 amide bonds. The van der Waals surface area contributed by atoms with Gasteiger partial charge >= 0.3 is 7.82 Å². The molecule has 4 unspecified atom stereocenters. The summed E-state index contributed by atoms with van der Waals surface area (Å²) in [5.74, 6) is -0.457. The third-order valence-electron chi connectivity index (χ3n) is 11.0. The smallest absolute Gasteiger partial charge is 0.393 e. The highest BCUT2D eigenvalue weighted by Crippen LogP contribution is 2.43. The Morgan fingerprint density at radius 1 is 0.576 bits per heavy atom. The number of nitrogens with one attached hydrogen (secondary N) is 1. The van der Waals surface area contributed by atoms with Crippen LogP contribution in [0.4, 0.5) is 0 Å². The maximum absolute atomic E-state index is 12.9. The number of aliphatic hydroxyl groups excluding tert-OH is 2. The van der Waals surface area contributed by atoms with E-state index in [1.54, 1.807) is 6.08 Å². The minimum absolute atomic E-state index is 0.0430. The number of amides is 1. The molecule has 348 valence electrons. The lowest BCUT2D eigenvalue weighted by atomic mass is 10.0. The first-order chi connectivity index (χ1) is 28.8. The van der Waals surface area contributed by atoms with Crippen LogP contribution in [-0.2, 0) is 18.4 Å². The molecule has 0 radical (unpaired) electrons. The van der Waals surface area contributed by atoms with Gasteiger partial charge in [0.15, 0.2) is 0 Å². The van der Waals surface area contributed by atoms with E-state index in [1.807, 2.05) is 6.08 Å². The summed E-state index contributed by atoms with van der Waals surface area (Å²) in [6, 6.07) is -1.00. The normalized spacial score (nSPS) is 14.7. The molecule has 9 nitrogen and oxygen atoms in total. The van der Waals surface area contributed by atoms with Crippen molar-refractivity contribution in [2.45, 2.75) is 250 Å². The van der Waals surface area contributed by atoms with Crippen molar-refractivity contribution in [3.05, 3.63) is 36.5 Å². The Kier molecular flexibility index (Phi) is 43.7. The zero-order valence-corrected chi connectivity index (χ0v) is 39.3. The molecular formula is C49H95N2O7P. The molecule has 0 aromatic carbocycles. The predicted molar refractivity (Wildman–Crippen MR) is 250 cm³/mol. The molecule has 0 saturated heterocycles. The Bertz CT molecular complexity index is 1040. The molecule has 10 heteroatoms. The number of hydrogen-bond donors (Lipinski definition) is 5. The molecule has 0 aromatic heterocycles. The fraction of sp³-hybridized carbons (Fsp3) is 0.857. The number of hydrogen-bond acceptors (Lipinski definition) is 7. The minimum atomic E-state index is -4.41. The van der Waals surface area contributed by atoms with Gasteiger partial charge in [0.2, 0.25) is 5.91 Å². The second-order valence-corrected chi connectivity index (χ2v) is 18.3. The standard InChI is InChI=1S/C49H95N2O7P/c1-3-5-7-9-11-13-15-17-19-21-23-25-27-29-31-33-35-37-39-41-48(53)47(45-58-59(55,56)57-43-42-50)51-49(54)44-46(52)40-38-36-34-32-30-28-26-24-22-20-18-16-14-12-10-8-6-4-2/h23,25,31,33,39,41,46-48,52-53H,3-22,24,26-30,32,34-38,40,42-45,50H2,1-2H3,(H,51,54)(H,55,56)/b25-23+,33-31+,41-39+. The summed E-state index contributed by atoms with van der Waals surface area (Å²) in [4.78, 5) is 22.8. The number of nitrogens with two attached hydrogens (primary N) is 1. The molecule has 0 aliphatic carbocycles. The quantitative estimate of drug-likeness (QED) is 0.0231. The lowest BCUT2D eigenvalue weighted by Crippen LogP contribution is -2.46. The van der Waals surface area contributed by atoms with Crippen molar-refractivity contribution < 1.29 is 33.5 Å². The van der Waals surface area contributed by atoms with Crippen molar-refractivity contribution in [3.63, 3.8) is 0 Å². The summed E-state index contributed by atoms with van der Waals surface area (Å²) in [7, 11) is -4.41. The minimum Gasteiger partial charge on any atom is -0.393 e. The van der Waals surface area contributed by atoms with Gasteiger partial charge in [-0.05, 0) is 44.9 Å². The molecule has 0 heterocycles. The highest BCUT2D eigenvalue weighted by Gasteiger charge is 2.27. The van der Waals surface area contributed by atoms with Crippen molar-refractivity contribution in [1.29, 1.82) is 0 Å². The van der Waals surface area contributed by atoms with Crippen LogP contribution in [0.3, 0.4) is 0 Å². The number of phosphoric ester groups is 1. The molecule has 0 aliphatic heterocycles. The molecule has 0 aliphatic rings. The topological polar surface area (TPSA) is 151 Å². The van der Waals surface area contributed by atoms with E-state index in [2.05, 4.69) is 43.5 Å². The Labute approximate surface area is 363 Å². The monoisotopic (exact) mass is 855 g/mol. The molecule has 6 N–H and O–H groups in total. The molecule has 0 saturated carbocycles. The van der Waals surface area contributed by atoms with Crippen LogP contribution in [0.15, 0.2) is 36.5 Å². The van der Waals surface area contributed by atoms with Crippen LogP contribution in [0.1, 0.15) is 232 Å². The summed E-state index contributed by atoms with van der Waals surface area (Å²) in [5, 5.41) is 24.1. The molecule has 0 bridgehead atoms. The Balaban J connectivity index is 4.29. The van der Waals surface area contributed by atoms with E-state index < -0.39 is 38.6 Å². The SMILES string of the molecule is CCCCCCCCCCC/C=C/CC/C=C/CC/C=C/C(O)C(COP(=O)(O)OCCN)NC(=O)CC(O)CCCCCCCCCCCCCCCCCCCC. The van der Waals surface area contributed by atoms with Crippen molar-refractivity contribution >= 4 is 13.7 Å². The van der Waals surface area contributed by atoms with Crippen molar-refractivity contribution in [1.82, 2.24) is 5.32 Å². The van der Waals surface area contributed by atoms with Crippen molar-refractivity contribution in [3.8, 4) is 0 Å². The van der Waals surface area contributed by atoms with Crippen LogP contribution >= 0.6 is 7.82 Å². The van der Waals surface area contributed by atoms with Gasteiger partial charge in [0.1, 0.15) is 0 Å². The van der Waals surface area contributed by atoms with Crippen LogP contribution in [0.2, 0.25) is 0 Å². The molecule has 0 spiro atoms. The number of aliphatic hydroxyl groups is 2.